The van der Waals surface area contributed by atoms with Crippen LogP contribution < -0.4 is 0 Å². The molecule has 2 N–H and O–H groups in total. The second-order valence-corrected chi connectivity index (χ2v) is 11.0. The Hall–Kier alpha value is -3.73. The van der Waals surface area contributed by atoms with Crippen molar-refractivity contribution in [2.24, 2.45) is 0 Å². The third-order valence-electron chi connectivity index (χ3n) is 8.07. The maximum absolute atomic E-state index is 10.6. The molecule has 4 aromatic rings. The summed E-state index contributed by atoms with van der Waals surface area (Å²) in [7, 11) is 2.25. The second-order valence-electron chi connectivity index (χ2n) is 11.0. The van der Waals surface area contributed by atoms with Crippen LogP contribution in [0.15, 0.2) is 72.8 Å². The number of rotatable bonds is 5. The zero-order chi connectivity index (χ0) is 29.7. The molecule has 6 rings (SSSR count). The summed E-state index contributed by atoms with van der Waals surface area (Å²) in [5.41, 5.74) is 7.06. The molecular weight excluding hydrogens is 543 g/mol. The fourth-order valence-electron chi connectivity index (χ4n) is 5.64. The number of hydrogen-bond donors (Lipinski definition) is 2. The number of aromatic amines is 1. The Morgan fingerprint density at radius 2 is 1.52 bits per heavy atom. The number of hydrogen-bond acceptors (Lipinski definition) is 5. The molecule has 0 saturated carbocycles. The number of nitrogens with one attached hydrogen (secondary N) is 1. The van der Waals surface area contributed by atoms with E-state index in [-0.39, 0.29) is 0 Å². The first-order valence-corrected chi connectivity index (χ1v) is 14.3. The SMILES string of the molecule is CN1CCC(N2CCN(Cc3ccc(-c4cccc(-c5nc6ccccc6[nH]5)c4)cc3)CC2)CC1.O=C(O)C(F)(F)F. The highest BCUT2D eigenvalue weighted by molar-refractivity contribution is 5.80. The van der Waals surface area contributed by atoms with Crippen molar-refractivity contribution < 1.29 is 23.1 Å². The molecule has 0 unspecified atom stereocenters. The van der Waals surface area contributed by atoms with Crippen molar-refractivity contribution >= 4 is 17.0 Å². The van der Waals surface area contributed by atoms with Crippen molar-refractivity contribution in [2.75, 3.05) is 46.3 Å². The summed E-state index contributed by atoms with van der Waals surface area (Å²) in [4.78, 5) is 24.9. The molecule has 2 fully saturated rings. The van der Waals surface area contributed by atoms with Crippen molar-refractivity contribution in [2.45, 2.75) is 31.6 Å². The zero-order valence-corrected chi connectivity index (χ0v) is 23.6. The number of alkyl halides is 3. The number of benzene rings is 3. The van der Waals surface area contributed by atoms with Crippen LogP contribution in [0.1, 0.15) is 18.4 Å². The molecule has 0 amide bonds. The van der Waals surface area contributed by atoms with Gasteiger partial charge in [0.1, 0.15) is 5.82 Å². The molecule has 2 aliphatic heterocycles. The molecule has 0 radical (unpaired) electrons. The van der Waals surface area contributed by atoms with Crippen LogP contribution >= 0.6 is 0 Å². The number of carboxylic acid groups (broad SMARTS) is 1. The van der Waals surface area contributed by atoms with E-state index in [1.807, 2.05) is 18.2 Å². The summed E-state index contributed by atoms with van der Waals surface area (Å²) in [6, 6.07) is 26.8. The number of aromatic nitrogens is 2. The number of fused-ring (bicyclic) bond motifs is 1. The molecule has 0 bridgehead atoms. The summed E-state index contributed by atoms with van der Waals surface area (Å²) in [5.74, 6) is -1.84. The number of carbonyl (C=O) groups is 1. The van der Waals surface area contributed by atoms with Crippen LogP contribution in [-0.4, -0.2) is 94.3 Å². The molecule has 222 valence electrons. The molecule has 10 heteroatoms. The molecule has 0 spiro atoms. The Morgan fingerprint density at radius 1 is 0.881 bits per heavy atom. The second kappa shape index (κ2) is 13.1. The lowest BCUT2D eigenvalue weighted by atomic mass is 10.0. The molecular formula is C32H36F3N5O2. The number of aliphatic carboxylic acids is 1. The average Bonchev–Trinajstić information content (AvgIpc) is 3.43. The molecule has 1 aromatic heterocycles. The first-order valence-electron chi connectivity index (χ1n) is 14.3. The number of piperazine rings is 1. The lowest BCUT2D eigenvalue weighted by Crippen LogP contribution is -2.52. The number of imidazole rings is 1. The van der Waals surface area contributed by atoms with E-state index in [1.54, 1.807) is 0 Å². The van der Waals surface area contributed by atoms with Crippen LogP contribution in [0.25, 0.3) is 33.5 Å². The number of carboxylic acids is 1. The van der Waals surface area contributed by atoms with Crippen LogP contribution in [0, 0.1) is 0 Å². The highest BCUT2D eigenvalue weighted by Gasteiger charge is 2.38. The maximum atomic E-state index is 10.6. The van der Waals surface area contributed by atoms with Crippen LogP contribution in [0.4, 0.5) is 13.2 Å². The molecule has 3 heterocycles. The molecule has 2 aliphatic rings. The van der Waals surface area contributed by atoms with Gasteiger partial charge in [-0.05, 0) is 67.9 Å². The van der Waals surface area contributed by atoms with Gasteiger partial charge in [0, 0.05) is 44.3 Å². The van der Waals surface area contributed by atoms with Gasteiger partial charge < -0.3 is 15.0 Å². The van der Waals surface area contributed by atoms with E-state index >= 15 is 0 Å². The van der Waals surface area contributed by atoms with Gasteiger partial charge in [0.05, 0.1) is 11.0 Å². The molecule has 7 nitrogen and oxygen atoms in total. The number of nitrogens with zero attached hydrogens (tertiary/aromatic N) is 4. The molecule has 42 heavy (non-hydrogen) atoms. The van der Waals surface area contributed by atoms with Crippen LogP contribution in [0.3, 0.4) is 0 Å². The Labute approximate surface area is 243 Å². The van der Waals surface area contributed by atoms with Crippen molar-refractivity contribution in [1.82, 2.24) is 24.7 Å². The zero-order valence-electron chi connectivity index (χ0n) is 23.6. The predicted molar refractivity (Wildman–Crippen MR) is 158 cm³/mol. The van der Waals surface area contributed by atoms with Crippen LogP contribution in [0.2, 0.25) is 0 Å². The third-order valence-corrected chi connectivity index (χ3v) is 8.07. The summed E-state index contributed by atoms with van der Waals surface area (Å²) in [6.07, 6.45) is -2.43. The molecule has 3 aromatic carbocycles. The number of H-pyrrole nitrogens is 1. The Morgan fingerprint density at radius 3 is 2.17 bits per heavy atom. The minimum Gasteiger partial charge on any atom is -0.475 e. The fraction of sp³-hybridized carbons (Fsp3) is 0.375. The standard InChI is InChI=1S/C30H35N5.C2HF3O2/c1-33-15-13-27(14-16-33)35-19-17-34(18-20-35)22-23-9-11-24(12-10-23)25-5-4-6-26(21-25)30-31-28-7-2-3-8-29(28)32-30;3-2(4,5)1(6)7/h2-12,21,27H,13-20,22H2,1H3,(H,31,32);(H,6,7). The van der Waals surface area contributed by atoms with E-state index in [4.69, 9.17) is 14.9 Å². The first kappa shape index (κ1) is 29.8. The van der Waals surface area contributed by atoms with Gasteiger partial charge in [-0.3, -0.25) is 9.80 Å². The van der Waals surface area contributed by atoms with Crippen molar-refractivity contribution in [3.8, 4) is 22.5 Å². The average molecular weight is 580 g/mol. The monoisotopic (exact) mass is 579 g/mol. The lowest BCUT2D eigenvalue weighted by molar-refractivity contribution is -0.192. The van der Waals surface area contributed by atoms with Crippen LogP contribution in [0.5, 0.6) is 0 Å². The van der Waals surface area contributed by atoms with E-state index < -0.39 is 12.1 Å². The molecule has 0 aliphatic carbocycles. The summed E-state index contributed by atoms with van der Waals surface area (Å²) < 4.78 is 31.7. The normalized spacial score (nSPS) is 17.6. The van der Waals surface area contributed by atoms with Gasteiger partial charge in [0.2, 0.25) is 0 Å². The number of likely N-dealkylation sites (tertiary alicyclic amines) is 1. The minimum atomic E-state index is -5.08. The Bertz CT molecular complexity index is 1440. The van der Waals surface area contributed by atoms with Gasteiger partial charge in [-0.25, -0.2) is 9.78 Å². The third kappa shape index (κ3) is 7.56. The highest BCUT2D eigenvalue weighted by Crippen LogP contribution is 2.27. The molecule has 0 atom stereocenters. The van der Waals surface area contributed by atoms with Gasteiger partial charge >= 0.3 is 12.1 Å². The summed E-state index contributed by atoms with van der Waals surface area (Å²) in [5, 5.41) is 7.12. The smallest absolute Gasteiger partial charge is 0.475 e. The van der Waals surface area contributed by atoms with Gasteiger partial charge in [-0.1, -0.05) is 54.6 Å². The van der Waals surface area contributed by atoms with E-state index in [1.165, 1.54) is 68.8 Å². The maximum Gasteiger partial charge on any atom is 0.490 e. The van der Waals surface area contributed by atoms with E-state index in [0.29, 0.717) is 0 Å². The van der Waals surface area contributed by atoms with Crippen molar-refractivity contribution in [1.29, 1.82) is 0 Å². The first-order chi connectivity index (χ1) is 20.2. The highest BCUT2D eigenvalue weighted by atomic mass is 19.4. The van der Waals surface area contributed by atoms with E-state index in [0.717, 1.165) is 35.0 Å². The lowest BCUT2D eigenvalue weighted by Gasteiger charge is -2.42. The minimum absolute atomic E-state index is 0.794. The van der Waals surface area contributed by atoms with Crippen LogP contribution in [-0.2, 0) is 11.3 Å². The fourth-order valence-corrected chi connectivity index (χ4v) is 5.64. The quantitative estimate of drug-likeness (QED) is 0.314. The number of halogens is 3. The topological polar surface area (TPSA) is 75.7 Å². The Kier molecular flexibility index (Phi) is 9.25. The Balaban J connectivity index is 0.000000451. The molecule has 2 saturated heterocycles. The largest absolute Gasteiger partial charge is 0.490 e. The van der Waals surface area contributed by atoms with Gasteiger partial charge in [-0.2, -0.15) is 13.2 Å². The van der Waals surface area contributed by atoms with Crippen molar-refractivity contribution in [3.63, 3.8) is 0 Å². The number of piperidine rings is 1. The van der Waals surface area contributed by atoms with Gasteiger partial charge in [-0.15, -0.1) is 0 Å². The van der Waals surface area contributed by atoms with Gasteiger partial charge in [0.15, 0.2) is 0 Å². The predicted octanol–water partition coefficient (Wildman–Crippen LogP) is 5.74. The van der Waals surface area contributed by atoms with Crippen molar-refractivity contribution in [3.05, 3.63) is 78.4 Å². The van der Waals surface area contributed by atoms with E-state index in [2.05, 4.69) is 81.3 Å². The number of para-hydroxylation sites is 2. The summed E-state index contributed by atoms with van der Waals surface area (Å²) >= 11 is 0. The summed E-state index contributed by atoms with van der Waals surface area (Å²) in [6.45, 7) is 8.31. The van der Waals surface area contributed by atoms with Gasteiger partial charge in [0.25, 0.3) is 0 Å². The van der Waals surface area contributed by atoms with E-state index in [9.17, 15) is 13.2 Å².